The zero-order chi connectivity index (χ0) is 15.0. The molecule has 0 aliphatic carbocycles. The minimum atomic E-state index is -0.835. The van der Waals surface area contributed by atoms with Crippen LogP contribution in [0.2, 0.25) is 0 Å². The van der Waals surface area contributed by atoms with Gasteiger partial charge in [-0.05, 0) is 38.8 Å². The number of benzene rings is 1. The third-order valence-electron chi connectivity index (χ3n) is 3.42. The van der Waals surface area contributed by atoms with Crippen molar-refractivity contribution in [1.82, 2.24) is 0 Å². The molecule has 0 radical (unpaired) electrons. The number of allylic oxidation sites excluding steroid dienone is 2. The topological polar surface area (TPSA) is 40.5 Å². The molecule has 1 aromatic carbocycles. The highest BCUT2D eigenvalue weighted by Crippen LogP contribution is 2.27. The third-order valence-corrected chi connectivity index (χ3v) is 3.42. The van der Waals surface area contributed by atoms with Crippen molar-refractivity contribution in [2.75, 3.05) is 6.61 Å². The van der Waals surface area contributed by atoms with Crippen molar-refractivity contribution >= 4 is 0 Å². The molecule has 0 fully saturated rings. The molecule has 1 rings (SSSR count). The van der Waals surface area contributed by atoms with E-state index in [1.165, 1.54) is 5.57 Å². The normalized spacial score (nSPS) is 14.7. The van der Waals surface area contributed by atoms with Crippen LogP contribution in [0.25, 0.3) is 0 Å². The zero-order valence-electron chi connectivity index (χ0n) is 12.6. The molecule has 0 aliphatic rings. The van der Waals surface area contributed by atoms with Gasteiger partial charge in [-0.25, -0.2) is 0 Å². The van der Waals surface area contributed by atoms with Gasteiger partial charge in [-0.3, -0.25) is 0 Å². The summed E-state index contributed by atoms with van der Waals surface area (Å²) in [5.74, 6) is 5.81. The number of hydrogen-bond acceptors (Lipinski definition) is 2. The number of aliphatic hydroxyl groups is 2. The maximum absolute atomic E-state index is 10.2. The van der Waals surface area contributed by atoms with Gasteiger partial charge in [0, 0.05) is 11.0 Å². The molecule has 20 heavy (non-hydrogen) atoms. The fourth-order valence-corrected chi connectivity index (χ4v) is 1.84. The second-order valence-corrected chi connectivity index (χ2v) is 5.67. The molecular weight excluding hydrogens is 248 g/mol. The van der Waals surface area contributed by atoms with E-state index < -0.39 is 11.5 Å². The standard InChI is InChI=1S/C18H24O2/c1-15(2)8-7-13-18(3,14-19)17(20)12-11-16-9-5-4-6-10-16/h4-6,8-10,17,19-20H,7,13-14H2,1-3H3. The first-order valence-corrected chi connectivity index (χ1v) is 6.97. The molecule has 0 spiro atoms. The Morgan fingerprint density at radius 2 is 1.95 bits per heavy atom. The lowest BCUT2D eigenvalue weighted by molar-refractivity contribution is 0.0239. The molecule has 0 heterocycles. The van der Waals surface area contributed by atoms with Crippen LogP contribution in [0.4, 0.5) is 0 Å². The molecule has 2 atom stereocenters. The number of hydrogen-bond donors (Lipinski definition) is 2. The van der Waals surface area contributed by atoms with Crippen molar-refractivity contribution in [1.29, 1.82) is 0 Å². The summed E-state index contributed by atoms with van der Waals surface area (Å²) < 4.78 is 0. The molecule has 2 unspecified atom stereocenters. The Morgan fingerprint density at radius 1 is 1.30 bits per heavy atom. The van der Waals surface area contributed by atoms with Gasteiger partial charge in [0.15, 0.2) is 0 Å². The summed E-state index contributed by atoms with van der Waals surface area (Å²) in [6.07, 6.45) is 2.83. The van der Waals surface area contributed by atoms with Gasteiger partial charge in [0.1, 0.15) is 6.10 Å². The quantitative estimate of drug-likeness (QED) is 0.638. The van der Waals surface area contributed by atoms with Crippen LogP contribution in [-0.4, -0.2) is 22.9 Å². The van der Waals surface area contributed by atoms with Gasteiger partial charge in [-0.1, -0.05) is 48.6 Å². The summed E-state index contributed by atoms with van der Waals surface area (Å²) in [6.45, 7) is 5.88. The maximum atomic E-state index is 10.2. The van der Waals surface area contributed by atoms with Gasteiger partial charge in [-0.15, -0.1) is 0 Å². The number of rotatable bonds is 5. The van der Waals surface area contributed by atoms with Gasteiger partial charge in [-0.2, -0.15) is 0 Å². The summed E-state index contributed by atoms with van der Waals surface area (Å²) in [7, 11) is 0. The molecule has 0 amide bonds. The van der Waals surface area contributed by atoms with E-state index in [1.54, 1.807) is 0 Å². The minimum absolute atomic E-state index is 0.0752. The van der Waals surface area contributed by atoms with Crippen LogP contribution in [0.5, 0.6) is 0 Å². The fourth-order valence-electron chi connectivity index (χ4n) is 1.84. The summed E-state index contributed by atoms with van der Waals surface area (Å²) in [4.78, 5) is 0. The third kappa shape index (κ3) is 5.21. The maximum Gasteiger partial charge on any atom is 0.122 e. The second-order valence-electron chi connectivity index (χ2n) is 5.67. The van der Waals surface area contributed by atoms with Crippen molar-refractivity contribution < 1.29 is 10.2 Å². The monoisotopic (exact) mass is 272 g/mol. The highest BCUT2D eigenvalue weighted by molar-refractivity contribution is 5.34. The highest BCUT2D eigenvalue weighted by Gasteiger charge is 2.30. The summed E-state index contributed by atoms with van der Waals surface area (Å²) in [5, 5.41) is 19.8. The predicted molar refractivity (Wildman–Crippen MR) is 83.2 cm³/mol. The van der Waals surface area contributed by atoms with Crippen LogP contribution < -0.4 is 0 Å². The molecule has 0 aromatic heterocycles. The molecule has 0 aliphatic heterocycles. The number of aliphatic hydroxyl groups excluding tert-OH is 2. The van der Waals surface area contributed by atoms with Gasteiger partial charge in [0.25, 0.3) is 0 Å². The molecular formula is C18H24O2. The Kier molecular flexibility index (Phi) is 6.51. The molecule has 2 N–H and O–H groups in total. The molecule has 0 saturated heterocycles. The largest absolute Gasteiger partial charge is 0.396 e. The molecule has 0 bridgehead atoms. The van der Waals surface area contributed by atoms with E-state index >= 15 is 0 Å². The average molecular weight is 272 g/mol. The van der Waals surface area contributed by atoms with Crippen LogP contribution >= 0.6 is 0 Å². The van der Waals surface area contributed by atoms with E-state index in [9.17, 15) is 10.2 Å². The van der Waals surface area contributed by atoms with Gasteiger partial charge >= 0.3 is 0 Å². The Labute approximate surface area is 122 Å². The lowest BCUT2D eigenvalue weighted by atomic mass is 9.80. The molecule has 2 nitrogen and oxygen atoms in total. The van der Waals surface area contributed by atoms with E-state index in [2.05, 4.69) is 17.9 Å². The van der Waals surface area contributed by atoms with E-state index in [-0.39, 0.29) is 6.61 Å². The first-order valence-electron chi connectivity index (χ1n) is 6.97. The molecule has 1 aromatic rings. The van der Waals surface area contributed by atoms with Gasteiger partial charge in [0.05, 0.1) is 6.61 Å². The summed E-state index contributed by atoms with van der Waals surface area (Å²) in [5.41, 5.74) is 1.53. The van der Waals surface area contributed by atoms with Crippen molar-refractivity contribution in [3.63, 3.8) is 0 Å². The van der Waals surface area contributed by atoms with Crippen LogP contribution in [-0.2, 0) is 0 Å². The predicted octanol–water partition coefficient (Wildman–Crippen LogP) is 3.14. The van der Waals surface area contributed by atoms with E-state index in [1.807, 2.05) is 51.1 Å². The van der Waals surface area contributed by atoms with E-state index in [0.29, 0.717) is 6.42 Å². The Hall–Kier alpha value is -1.56. The minimum Gasteiger partial charge on any atom is -0.396 e. The molecule has 0 saturated carbocycles. The van der Waals surface area contributed by atoms with Crippen molar-refractivity contribution in [2.24, 2.45) is 5.41 Å². The average Bonchev–Trinajstić information content (AvgIpc) is 2.45. The van der Waals surface area contributed by atoms with Crippen molar-refractivity contribution in [3.05, 3.63) is 47.5 Å². The Balaban J connectivity index is 2.73. The summed E-state index contributed by atoms with van der Waals surface area (Å²) >= 11 is 0. The van der Waals surface area contributed by atoms with Crippen molar-refractivity contribution in [3.8, 4) is 11.8 Å². The van der Waals surface area contributed by atoms with Crippen molar-refractivity contribution in [2.45, 2.75) is 39.7 Å². The van der Waals surface area contributed by atoms with Crippen LogP contribution in [0.15, 0.2) is 42.0 Å². The Bertz CT molecular complexity index is 489. The van der Waals surface area contributed by atoms with Crippen LogP contribution in [0.1, 0.15) is 39.2 Å². The zero-order valence-corrected chi connectivity index (χ0v) is 12.6. The van der Waals surface area contributed by atoms with Gasteiger partial charge in [0.2, 0.25) is 0 Å². The lowest BCUT2D eigenvalue weighted by Gasteiger charge is -2.29. The van der Waals surface area contributed by atoms with Crippen LogP contribution in [0, 0.1) is 17.3 Å². The first-order chi connectivity index (χ1) is 9.48. The van der Waals surface area contributed by atoms with E-state index in [4.69, 9.17) is 0 Å². The summed E-state index contributed by atoms with van der Waals surface area (Å²) in [6, 6.07) is 9.56. The smallest absolute Gasteiger partial charge is 0.122 e. The first kappa shape index (κ1) is 16.5. The molecule has 2 heteroatoms. The van der Waals surface area contributed by atoms with E-state index in [0.717, 1.165) is 12.0 Å². The lowest BCUT2D eigenvalue weighted by Crippen LogP contribution is -2.34. The second kappa shape index (κ2) is 7.89. The van der Waals surface area contributed by atoms with Crippen LogP contribution in [0.3, 0.4) is 0 Å². The Morgan fingerprint density at radius 3 is 2.50 bits per heavy atom. The molecule has 108 valence electrons. The fraction of sp³-hybridized carbons (Fsp3) is 0.444. The highest BCUT2D eigenvalue weighted by atomic mass is 16.3. The SMILES string of the molecule is CC(C)=CCCC(C)(CO)C(O)C#Cc1ccccc1. The van der Waals surface area contributed by atoms with Gasteiger partial charge < -0.3 is 10.2 Å².